The fourth-order valence-corrected chi connectivity index (χ4v) is 4.34. The number of phosphoric acid groups is 1. The summed E-state index contributed by atoms with van der Waals surface area (Å²) in [5.74, 6) is -4.41. The first-order valence-corrected chi connectivity index (χ1v) is 16.1. The second kappa shape index (κ2) is 21.2. The Kier molecular flexibility index (Phi) is 19.5. The van der Waals surface area contributed by atoms with Crippen LogP contribution in [0.4, 0.5) is 0 Å². The van der Waals surface area contributed by atoms with Crippen molar-refractivity contribution in [1.29, 1.82) is 0 Å². The molecule has 264 valence electrons. The number of amides is 5. The van der Waals surface area contributed by atoms with E-state index >= 15 is 0 Å². The van der Waals surface area contributed by atoms with Gasteiger partial charge in [0.2, 0.25) is 29.5 Å². The number of nitrogens with zero attached hydrogens (tertiary/aromatic N) is 1. The molecular weight excluding hydrogens is 631 g/mol. The second-order valence-corrected chi connectivity index (χ2v) is 11.8. The standard InChI is InChI=1S/C25H49N10O10P/c1-13(12-36)31-21(38)15(3)32-22(39)17(8-5-6-10-26)34-24(41)19(16(4)45-46(42,43)44)35-23(40)18(33-20(37)14(2)27)9-7-11-30-25(28)29/h12-19H,5-11,26-27H2,1-4H3,(H,31,38)(H,32,39)(H,33,37)(H,34,41)(H,35,40)(H4,28,29,30)(H2,42,43,44)/t13-,14-,15-,16+,17-,18-,19-/m0/s1. The van der Waals surface area contributed by atoms with E-state index in [-0.39, 0.29) is 38.3 Å². The molecule has 0 bridgehead atoms. The Morgan fingerprint density at radius 2 is 1.35 bits per heavy atom. The summed E-state index contributed by atoms with van der Waals surface area (Å²) in [5.41, 5.74) is 21.8. The molecule has 7 atom stereocenters. The number of phosphoric ester groups is 1. The largest absolute Gasteiger partial charge is 0.469 e. The molecular formula is C25H49N10O10P. The van der Waals surface area contributed by atoms with Crippen molar-refractivity contribution in [2.75, 3.05) is 13.1 Å². The van der Waals surface area contributed by atoms with Crippen LogP contribution in [0.15, 0.2) is 4.99 Å². The van der Waals surface area contributed by atoms with Crippen LogP contribution in [-0.4, -0.2) is 107 Å². The first-order valence-electron chi connectivity index (χ1n) is 14.5. The minimum atomic E-state index is -5.19. The normalized spacial score (nSPS) is 15.8. The lowest BCUT2D eigenvalue weighted by Gasteiger charge is -2.29. The molecule has 0 unspecified atom stereocenters. The number of nitrogens with one attached hydrogen (secondary N) is 5. The number of rotatable bonds is 22. The molecule has 0 spiro atoms. The van der Waals surface area contributed by atoms with Crippen LogP contribution in [0.5, 0.6) is 0 Å². The minimum absolute atomic E-state index is 0.0279. The van der Waals surface area contributed by atoms with Gasteiger partial charge in [0.05, 0.1) is 18.2 Å². The van der Waals surface area contributed by atoms with E-state index in [1.54, 1.807) is 0 Å². The predicted octanol–water partition coefficient (Wildman–Crippen LogP) is -4.32. The van der Waals surface area contributed by atoms with Gasteiger partial charge >= 0.3 is 7.82 Å². The molecule has 15 N–H and O–H groups in total. The Morgan fingerprint density at radius 3 is 1.85 bits per heavy atom. The van der Waals surface area contributed by atoms with Crippen molar-refractivity contribution in [3.63, 3.8) is 0 Å². The summed E-state index contributed by atoms with van der Waals surface area (Å²) in [6.45, 7) is 5.62. The van der Waals surface area contributed by atoms with Crippen molar-refractivity contribution in [3.05, 3.63) is 0 Å². The number of hydrogen-bond acceptors (Lipinski definition) is 11. The lowest BCUT2D eigenvalue weighted by atomic mass is 10.0. The van der Waals surface area contributed by atoms with Crippen LogP contribution in [0.1, 0.15) is 59.8 Å². The van der Waals surface area contributed by atoms with E-state index in [1.807, 2.05) is 0 Å². The molecule has 0 aromatic rings. The molecule has 0 rings (SSSR count). The van der Waals surface area contributed by atoms with E-state index in [0.29, 0.717) is 19.1 Å². The van der Waals surface area contributed by atoms with Gasteiger partial charge in [0.15, 0.2) is 5.96 Å². The van der Waals surface area contributed by atoms with Gasteiger partial charge in [-0.1, -0.05) is 0 Å². The molecule has 5 amide bonds. The van der Waals surface area contributed by atoms with Crippen LogP contribution >= 0.6 is 7.82 Å². The van der Waals surface area contributed by atoms with E-state index in [0.717, 1.165) is 6.92 Å². The van der Waals surface area contributed by atoms with Gasteiger partial charge in [-0.3, -0.25) is 33.5 Å². The minimum Gasteiger partial charge on any atom is -0.370 e. The Hall–Kier alpha value is -3.68. The highest BCUT2D eigenvalue weighted by Gasteiger charge is 2.36. The molecule has 0 saturated carbocycles. The summed E-state index contributed by atoms with van der Waals surface area (Å²) < 4.78 is 16.3. The lowest BCUT2D eigenvalue weighted by Crippen LogP contribution is -2.61. The van der Waals surface area contributed by atoms with Gasteiger partial charge in [-0.05, 0) is 66.3 Å². The van der Waals surface area contributed by atoms with Crippen LogP contribution in [-0.2, 0) is 37.9 Å². The molecule has 0 fully saturated rings. The average molecular weight is 681 g/mol. The van der Waals surface area contributed by atoms with E-state index in [4.69, 9.17) is 22.9 Å². The zero-order valence-corrected chi connectivity index (χ0v) is 27.3. The number of guanidine groups is 1. The Labute approximate surface area is 267 Å². The summed E-state index contributed by atoms with van der Waals surface area (Å²) in [5, 5.41) is 12.0. The molecule has 0 aliphatic heterocycles. The van der Waals surface area contributed by atoms with Crippen molar-refractivity contribution >= 4 is 49.6 Å². The number of carbonyl (C=O) groups is 6. The Morgan fingerprint density at radius 1 is 0.804 bits per heavy atom. The molecule has 0 aromatic heterocycles. The van der Waals surface area contributed by atoms with Gasteiger partial charge in [-0.25, -0.2) is 4.57 Å². The Balaban J connectivity index is 6.18. The third-order valence-corrected chi connectivity index (χ3v) is 6.86. The van der Waals surface area contributed by atoms with Gasteiger partial charge in [0.25, 0.3) is 0 Å². The molecule has 20 nitrogen and oxygen atoms in total. The first-order chi connectivity index (χ1) is 21.3. The molecule has 46 heavy (non-hydrogen) atoms. The molecule has 0 aliphatic rings. The van der Waals surface area contributed by atoms with Crippen LogP contribution in [0.25, 0.3) is 0 Å². The number of unbranched alkanes of at least 4 members (excludes halogenated alkanes) is 1. The molecule has 0 aromatic carbocycles. The maximum absolute atomic E-state index is 13.5. The summed E-state index contributed by atoms with van der Waals surface area (Å²) in [7, 11) is -5.19. The molecule has 21 heteroatoms. The van der Waals surface area contributed by atoms with Gasteiger partial charge in [-0.2, -0.15) is 0 Å². The third kappa shape index (κ3) is 17.7. The zero-order chi connectivity index (χ0) is 35.6. The fourth-order valence-electron chi connectivity index (χ4n) is 3.79. The van der Waals surface area contributed by atoms with Gasteiger partial charge in [0.1, 0.15) is 30.5 Å². The van der Waals surface area contributed by atoms with Crippen molar-refractivity contribution in [3.8, 4) is 0 Å². The van der Waals surface area contributed by atoms with Gasteiger partial charge in [0, 0.05) is 6.54 Å². The molecule has 0 heterocycles. The highest BCUT2D eigenvalue weighted by Crippen LogP contribution is 2.38. The Bertz CT molecular complexity index is 1120. The highest BCUT2D eigenvalue weighted by atomic mass is 31.2. The van der Waals surface area contributed by atoms with E-state index in [9.17, 15) is 43.1 Å². The summed E-state index contributed by atoms with van der Waals surface area (Å²) >= 11 is 0. The lowest BCUT2D eigenvalue weighted by molar-refractivity contribution is -0.136. The summed E-state index contributed by atoms with van der Waals surface area (Å²) in [6.07, 6.45) is -0.153. The zero-order valence-electron chi connectivity index (χ0n) is 26.4. The summed E-state index contributed by atoms with van der Waals surface area (Å²) in [6, 6.07) is -7.34. The van der Waals surface area contributed by atoms with Crippen LogP contribution < -0.4 is 49.5 Å². The molecule has 0 saturated heterocycles. The number of hydrogen-bond donors (Lipinski definition) is 11. The monoisotopic (exact) mass is 680 g/mol. The maximum Gasteiger partial charge on any atom is 0.469 e. The van der Waals surface area contributed by atoms with Gasteiger partial charge in [-0.15, -0.1) is 0 Å². The van der Waals surface area contributed by atoms with Gasteiger partial charge < -0.3 is 64.1 Å². The van der Waals surface area contributed by atoms with Crippen molar-refractivity contribution in [2.45, 2.75) is 102 Å². The van der Waals surface area contributed by atoms with Crippen LogP contribution in [0, 0.1) is 0 Å². The predicted molar refractivity (Wildman–Crippen MR) is 166 cm³/mol. The number of carbonyl (C=O) groups excluding carboxylic acids is 6. The van der Waals surface area contributed by atoms with E-state index in [1.165, 1.54) is 20.8 Å². The van der Waals surface area contributed by atoms with E-state index < -0.39 is 79.7 Å². The third-order valence-electron chi connectivity index (χ3n) is 6.25. The summed E-state index contributed by atoms with van der Waals surface area (Å²) in [4.78, 5) is 98.1. The number of aliphatic imine (C=N–C) groups is 1. The molecule has 0 aliphatic carbocycles. The van der Waals surface area contributed by atoms with Crippen LogP contribution in [0.2, 0.25) is 0 Å². The highest BCUT2D eigenvalue weighted by molar-refractivity contribution is 7.46. The second-order valence-electron chi connectivity index (χ2n) is 10.6. The first kappa shape index (κ1) is 42.3. The topological polar surface area (TPSA) is 346 Å². The molecule has 0 radical (unpaired) electrons. The van der Waals surface area contributed by atoms with E-state index in [2.05, 4.69) is 36.1 Å². The smallest absolute Gasteiger partial charge is 0.370 e. The van der Waals surface area contributed by atoms with Crippen molar-refractivity contribution < 1.29 is 47.6 Å². The average Bonchev–Trinajstić information content (AvgIpc) is 2.95. The SMILES string of the molecule is C[C@H](N)C(=O)N[C@@H](CCCN=C(N)N)C(=O)N[C@H](C(=O)N[C@@H](CCCCN)C(=O)N[C@@H](C)C(=O)N[C@@H](C)C=O)[C@@H](C)OP(=O)(O)O. The fraction of sp³-hybridized carbons (Fsp3) is 0.720. The number of nitrogens with two attached hydrogens (primary N) is 4. The van der Waals surface area contributed by atoms with Crippen molar-refractivity contribution in [1.82, 2.24) is 26.6 Å². The quantitative estimate of drug-likeness (QED) is 0.0169. The number of aldehydes is 1. The maximum atomic E-state index is 13.5. The van der Waals surface area contributed by atoms with Crippen molar-refractivity contribution in [2.24, 2.45) is 27.9 Å². The van der Waals surface area contributed by atoms with Crippen LogP contribution in [0.3, 0.4) is 0 Å².